The fourth-order valence-corrected chi connectivity index (χ4v) is 4.99. The summed E-state index contributed by atoms with van der Waals surface area (Å²) in [6, 6.07) is 12.8. The van der Waals surface area contributed by atoms with Crippen molar-refractivity contribution in [3.8, 4) is 0 Å². The second-order valence-corrected chi connectivity index (χ2v) is 8.76. The number of halogens is 3. The number of rotatable bonds is 4. The second kappa shape index (κ2) is 8.50. The van der Waals surface area contributed by atoms with Gasteiger partial charge in [0.25, 0.3) is 0 Å². The fourth-order valence-electron chi connectivity index (χ4n) is 3.90. The van der Waals surface area contributed by atoms with Gasteiger partial charge in [0.2, 0.25) is 0 Å². The normalized spacial score (nSPS) is 27.0. The molecule has 166 valence electrons. The summed E-state index contributed by atoms with van der Waals surface area (Å²) in [6.45, 7) is -0.614. The number of alkyl halides is 3. The van der Waals surface area contributed by atoms with E-state index in [1.165, 1.54) is 23.5 Å². The standard InChI is InChI=1S/C22H21F3O5S/c23-22(24,25)15-6-5-12(21-20(29)19(28)18(27)16(10-26)30-21)7-13(15)9-14-8-11-3-1-2-4-17(11)31-14/h1-8,16,18-21,26-29H,9-10H2/t16-,18-,19+,20-,21+/m1/s1. The maximum Gasteiger partial charge on any atom is 0.416 e. The van der Waals surface area contributed by atoms with Crippen LogP contribution in [0.5, 0.6) is 0 Å². The first-order chi connectivity index (χ1) is 14.7. The Balaban J connectivity index is 1.72. The molecule has 0 unspecified atom stereocenters. The molecular weight excluding hydrogens is 433 g/mol. The van der Waals surface area contributed by atoms with Crippen molar-refractivity contribution in [3.63, 3.8) is 0 Å². The van der Waals surface area contributed by atoms with Crippen LogP contribution in [0.4, 0.5) is 13.2 Å². The summed E-state index contributed by atoms with van der Waals surface area (Å²) in [7, 11) is 0. The number of hydrogen-bond acceptors (Lipinski definition) is 6. The molecule has 4 N–H and O–H groups in total. The van der Waals surface area contributed by atoms with Gasteiger partial charge in [-0.3, -0.25) is 0 Å². The Labute approximate surface area is 180 Å². The Morgan fingerprint density at radius 1 is 0.935 bits per heavy atom. The van der Waals surface area contributed by atoms with Gasteiger partial charge in [-0.15, -0.1) is 11.3 Å². The van der Waals surface area contributed by atoms with E-state index in [1.807, 2.05) is 30.3 Å². The minimum Gasteiger partial charge on any atom is -0.394 e. The van der Waals surface area contributed by atoms with Crippen LogP contribution >= 0.6 is 11.3 Å². The summed E-state index contributed by atoms with van der Waals surface area (Å²) in [4.78, 5) is 0.748. The summed E-state index contributed by atoms with van der Waals surface area (Å²) in [6.07, 6.45) is -11.6. The van der Waals surface area contributed by atoms with Crippen molar-refractivity contribution >= 4 is 21.4 Å². The molecule has 1 aliphatic heterocycles. The molecule has 3 aromatic rings. The quantitative estimate of drug-likeness (QED) is 0.487. The van der Waals surface area contributed by atoms with Crippen LogP contribution in [0, 0.1) is 0 Å². The van der Waals surface area contributed by atoms with E-state index in [-0.39, 0.29) is 17.5 Å². The lowest BCUT2D eigenvalue weighted by Gasteiger charge is -2.40. The highest BCUT2D eigenvalue weighted by atomic mass is 32.1. The molecule has 1 aliphatic rings. The van der Waals surface area contributed by atoms with Crippen molar-refractivity contribution in [2.75, 3.05) is 6.61 Å². The van der Waals surface area contributed by atoms with E-state index >= 15 is 0 Å². The van der Waals surface area contributed by atoms with Crippen molar-refractivity contribution in [2.45, 2.75) is 43.1 Å². The van der Waals surface area contributed by atoms with Gasteiger partial charge in [0.05, 0.1) is 12.2 Å². The molecule has 1 fully saturated rings. The molecular formula is C22H21F3O5S. The number of benzene rings is 2. The van der Waals surface area contributed by atoms with Gasteiger partial charge in [0.15, 0.2) is 0 Å². The van der Waals surface area contributed by atoms with Gasteiger partial charge in [0, 0.05) is 16.0 Å². The smallest absolute Gasteiger partial charge is 0.394 e. The molecule has 31 heavy (non-hydrogen) atoms. The Morgan fingerprint density at radius 3 is 2.35 bits per heavy atom. The van der Waals surface area contributed by atoms with E-state index in [4.69, 9.17) is 4.74 Å². The van der Waals surface area contributed by atoms with Crippen molar-refractivity contribution in [1.82, 2.24) is 0 Å². The Kier molecular flexibility index (Phi) is 6.08. The minimum absolute atomic E-state index is 0.00789. The maximum absolute atomic E-state index is 13.7. The monoisotopic (exact) mass is 454 g/mol. The van der Waals surface area contributed by atoms with E-state index in [0.717, 1.165) is 21.0 Å². The molecule has 0 aliphatic carbocycles. The van der Waals surface area contributed by atoms with Crippen molar-refractivity contribution < 1.29 is 38.3 Å². The Morgan fingerprint density at radius 2 is 1.68 bits per heavy atom. The number of hydrogen-bond donors (Lipinski definition) is 4. The highest BCUT2D eigenvalue weighted by Crippen LogP contribution is 2.38. The van der Waals surface area contributed by atoms with Gasteiger partial charge in [-0.05, 0) is 34.7 Å². The summed E-state index contributed by atoms with van der Waals surface area (Å²) in [5.74, 6) is 0. The average molecular weight is 454 g/mol. The fraction of sp³-hybridized carbons (Fsp3) is 0.364. The number of aliphatic hydroxyl groups is 4. The molecule has 2 heterocycles. The van der Waals surface area contributed by atoms with E-state index in [0.29, 0.717) is 0 Å². The van der Waals surface area contributed by atoms with Crippen LogP contribution in [0.25, 0.3) is 10.1 Å². The minimum atomic E-state index is -4.57. The van der Waals surface area contributed by atoms with Gasteiger partial charge in [-0.2, -0.15) is 13.2 Å². The third-order valence-corrected chi connectivity index (χ3v) is 6.61. The van der Waals surface area contributed by atoms with E-state index in [9.17, 15) is 33.6 Å². The van der Waals surface area contributed by atoms with Gasteiger partial charge in [0.1, 0.15) is 30.5 Å². The van der Waals surface area contributed by atoms with Gasteiger partial charge >= 0.3 is 6.18 Å². The molecule has 0 saturated carbocycles. The molecule has 0 bridgehead atoms. The zero-order chi connectivity index (χ0) is 22.3. The van der Waals surface area contributed by atoms with Crippen LogP contribution in [-0.4, -0.2) is 51.4 Å². The summed E-state index contributed by atoms with van der Waals surface area (Å²) in [5, 5.41) is 40.6. The predicted octanol–water partition coefficient (Wildman–Crippen LogP) is 3.03. The molecule has 2 aromatic carbocycles. The first-order valence-corrected chi connectivity index (χ1v) is 10.5. The highest BCUT2D eigenvalue weighted by molar-refractivity contribution is 7.19. The summed E-state index contributed by atoms with van der Waals surface area (Å²) >= 11 is 1.40. The molecule has 1 aromatic heterocycles. The Bertz CT molecular complexity index is 1030. The predicted molar refractivity (Wildman–Crippen MR) is 109 cm³/mol. The van der Waals surface area contributed by atoms with Crippen LogP contribution in [0.2, 0.25) is 0 Å². The van der Waals surface area contributed by atoms with Crippen LogP contribution in [0.1, 0.15) is 27.7 Å². The lowest BCUT2D eigenvalue weighted by molar-refractivity contribution is -0.231. The Hall–Kier alpha value is -2.01. The SMILES string of the molecule is OC[C@H]1O[C@@H](c2ccc(C(F)(F)F)c(Cc3cc4ccccc4s3)c2)[C@H](O)[C@@H](O)[C@@H]1O. The van der Waals surface area contributed by atoms with Gasteiger partial charge in [-0.1, -0.05) is 30.3 Å². The number of aliphatic hydroxyl groups excluding tert-OH is 4. The summed E-state index contributed by atoms with van der Waals surface area (Å²) in [5.41, 5.74) is -0.562. The van der Waals surface area contributed by atoms with Crippen molar-refractivity contribution in [2.24, 2.45) is 0 Å². The van der Waals surface area contributed by atoms with Crippen molar-refractivity contribution in [3.05, 3.63) is 70.1 Å². The van der Waals surface area contributed by atoms with Crippen LogP contribution in [0.15, 0.2) is 48.5 Å². The largest absolute Gasteiger partial charge is 0.416 e. The molecule has 9 heteroatoms. The van der Waals surface area contributed by atoms with Gasteiger partial charge < -0.3 is 25.2 Å². The third kappa shape index (κ3) is 4.34. The first kappa shape index (κ1) is 22.2. The van der Waals surface area contributed by atoms with Crippen LogP contribution in [-0.2, 0) is 17.3 Å². The molecule has 5 atom stereocenters. The third-order valence-electron chi connectivity index (χ3n) is 5.50. The molecule has 0 radical (unpaired) electrons. The highest BCUT2D eigenvalue weighted by Gasteiger charge is 2.44. The molecule has 0 amide bonds. The van der Waals surface area contributed by atoms with E-state index in [2.05, 4.69) is 0 Å². The van der Waals surface area contributed by atoms with Crippen LogP contribution < -0.4 is 0 Å². The van der Waals surface area contributed by atoms with E-state index in [1.54, 1.807) is 0 Å². The first-order valence-electron chi connectivity index (χ1n) is 9.67. The second-order valence-electron chi connectivity index (χ2n) is 7.59. The molecule has 5 nitrogen and oxygen atoms in total. The zero-order valence-corrected chi connectivity index (χ0v) is 17.0. The number of fused-ring (bicyclic) bond motifs is 1. The average Bonchev–Trinajstić information content (AvgIpc) is 3.14. The van der Waals surface area contributed by atoms with Crippen LogP contribution in [0.3, 0.4) is 0 Å². The van der Waals surface area contributed by atoms with Gasteiger partial charge in [-0.25, -0.2) is 0 Å². The molecule has 0 spiro atoms. The molecule has 1 saturated heterocycles. The number of thiophene rings is 1. The lowest BCUT2D eigenvalue weighted by atomic mass is 9.89. The molecule has 4 rings (SSSR count). The topological polar surface area (TPSA) is 90.2 Å². The lowest BCUT2D eigenvalue weighted by Crippen LogP contribution is -2.55. The zero-order valence-electron chi connectivity index (χ0n) is 16.2. The van der Waals surface area contributed by atoms with Crippen molar-refractivity contribution in [1.29, 1.82) is 0 Å². The van der Waals surface area contributed by atoms with E-state index < -0.39 is 48.9 Å². The summed E-state index contributed by atoms with van der Waals surface area (Å²) < 4.78 is 47.4. The number of ether oxygens (including phenoxy) is 1. The maximum atomic E-state index is 13.7.